The first-order chi connectivity index (χ1) is 12.0. The summed E-state index contributed by atoms with van der Waals surface area (Å²) in [5, 5.41) is 14.1. The highest BCUT2D eigenvalue weighted by Gasteiger charge is 2.16. The van der Waals surface area contributed by atoms with Crippen LogP contribution in [0.3, 0.4) is 0 Å². The summed E-state index contributed by atoms with van der Waals surface area (Å²) in [4.78, 5) is 27.5. The predicted molar refractivity (Wildman–Crippen MR) is 90.9 cm³/mol. The fraction of sp³-hybridized carbons (Fsp3) is 0.125. The van der Waals surface area contributed by atoms with Gasteiger partial charge in [0.05, 0.1) is 4.92 Å². The molecule has 0 spiro atoms. The Hall–Kier alpha value is -3.20. The van der Waals surface area contributed by atoms with Crippen molar-refractivity contribution in [2.45, 2.75) is 13.5 Å². The minimum Gasteiger partial charge on any atom is -0.479 e. The lowest BCUT2D eigenvalue weighted by atomic mass is 10.3. The van der Waals surface area contributed by atoms with Gasteiger partial charge >= 0.3 is 5.69 Å². The first-order valence-electron chi connectivity index (χ1n) is 7.21. The molecule has 3 aromatic rings. The van der Waals surface area contributed by atoms with E-state index in [9.17, 15) is 14.9 Å². The first kappa shape index (κ1) is 16.7. The fourth-order valence-electron chi connectivity index (χ4n) is 2.03. The number of aromatic nitrogens is 1. The highest BCUT2D eigenvalue weighted by molar-refractivity contribution is 7.15. The van der Waals surface area contributed by atoms with Gasteiger partial charge in [0, 0.05) is 17.1 Å². The summed E-state index contributed by atoms with van der Waals surface area (Å²) in [7, 11) is 0. The monoisotopic (exact) mass is 359 g/mol. The molecule has 0 aliphatic carbocycles. The van der Waals surface area contributed by atoms with Gasteiger partial charge in [-0.05, 0) is 25.1 Å². The molecule has 2 aromatic heterocycles. The smallest absolute Gasteiger partial charge is 0.310 e. The van der Waals surface area contributed by atoms with Crippen LogP contribution in [0, 0.1) is 17.0 Å². The van der Waals surface area contributed by atoms with E-state index < -0.39 is 10.8 Å². The number of nitrogens with zero attached hydrogens (tertiary/aromatic N) is 2. The number of aryl methyl sites for hydroxylation is 1. The molecular weight excluding hydrogens is 346 g/mol. The molecule has 0 radical (unpaired) electrons. The molecule has 25 heavy (non-hydrogen) atoms. The van der Waals surface area contributed by atoms with Gasteiger partial charge in [-0.15, -0.1) is 11.3 Å². The Bertz CT molecular complexity index is 918. The highest BCUT2D eigenvalue weighted by atomic mass is 32.1. The van der Waals surface area contributed by atoms with E-state index in [1.165, 1.54) is 29.5 Å². The van der Waals surface area contributed by atoms with Gasteiger partial charge in [0.15, 0.2) is 16.6 Å². The van der Waals surface area contributed by atoms with Gasteiger partial charge in [-0.3, -0.25) is 20.2 Å². The summed E-state index contributed by atoms with van der Waals surface area (Å²) in [5.74, 6) is 0.187. The normalized spacial score (nSPS) is 10.4. The van der Waals surface area contributed by atoms with Crippen LogP contribution in [0.4, 0.5) is 10.8 Å². The zero-order valence-corrected chi connectivity index (χ0v) is 13.9. The molecule has 3 rings (SSSR count). The maximum absolute atomic E-state index is 12.1. The number of rotatable bonds is 6. The topological polar surface area (TPSA) is 108 Å². The Morgan fingerprint density at radius 3 is 2.88 bits per heavy atom. The number of para-hydroxylation sites is 2. The Morgan fingerprint density at radius 2 is 2.16 bits per heavy atom. The van der Waals surface area contributed by atoms with E-state index in [4.69, 9.17) is 9.15 Å². The van der Waals surface area contributed by atoms with Crippen LogP contribution in [0.2, 0.25) is 0 Å². The molecule has 128 valence electrons. The van der Waals surface area contributed by atoms with Gasteiger partial charge in [0.1, 0.15) is 12.4 Å². The second-order valence-electron chi connectivity index (χ2n) is 5.01. The van der Waals surface area contributed by atoms with Gasteiger partial charge in [0.25, 0.3) is 5.91 Å². The number of benzene rings is 1. The van der Waals surface area contributed by atoms with Gasteiger partial charge < -0.3 is 9.15 Å². The van der Waals surface area contributed by atoms with Crippen molar-refractivity contribution in [1.82, 2.24) is 4.98 Å². The van der Waals surface area contributed by atoms with Gasteiger partial charge in [-0.25, -0.2) is 4.98 Å². The largest absolute Gasteiger partial charge is 0.479 e. The van der Waals surface area contributed by atoms with E-state index in [1.54, 1.807) is 24.4 Å². The fourth-order valence-corrected chi connectivity index (χ4v) is 2.69. The quantitative estimate of drug-likeness (QED) is 0.530. The number of hydrogen-bond donors (Lipinski definition) is 1. The van der Waals surface area contributed by atoms with E-state index >= 15 is 0 Å². The number of hydrogen-bond acceptors (Lipinski definition) is 7. The van der Waals surface area contributed by atoms with E-state index in [2.05, 4.69) is 10.3 Å². The van der Waals surface area contributed by atoms with Gasteiger partial charge in [-0.2, -0.15) is 0 Å². The molecule has 1 aromatic carbocycles. The SMILES string of the molecule is Cc1cnc(NC(=O)c2ccc(COc3ccccc3[N+](=O)[O-])o2)s1. The lowest BCUT2D eigenvalue weighted by molar-refractivity contribution is -0.386. The molecule has 0 fully saturated rings. The summed E-state index contributed by atoms with van der Waals surface area (Å²) in [6, 6.07) is 9.14. The maximum atomic E-state index is 12.1. The number of carbonyl (C=O) groups excluding carboxylic acids is 1. The minimum absolute atomic E-state index is 0.0332. The number of amides is 1. The minimum atomic E-state index is -0.521. The number of ether oxygens (including phenoxy) is 1. The number of carbonyl (C=O) groups is 1. The second-order valence-corrected chi connectivity index (χ2v) is 6.24. The summed E-state index contributed by atoms with van der Waals surface area (Å²) in [6.45, 7) is 1.85. The number of furan rings is 1. The van der Waals surface area contributed by atoms with Crippen molar-refractivity contribution in [2.24, 2.45) is 0 Å². The molecule has 0 aliphatic heterocycles. The summed E-state index contributed by atoms with van der Waals surface area (Å²) < 4.78 is 10.8. The molecule has 0 bridgehead atoms. The molecule has 8 nitrogen and oxygen atoms in total. The van der Waals surface area contributed by atoms with Crippen molar-refractivity contribution in [1.29, 1.82) is 0 Å². The number of thiazole rings is 1. The van der Waals surface area contributed by atoms with Crippen molar-refractivity contribution >= 4 is 28.1 Å². The van der Waals surface area contributed by atoms with E-state index in [0.717, 1.165) is 4.88 Å². The average molecular weight is 359 g/mol. The summed E-state index contributed by atoms with van der Waals surface area (Å²) in [5.41, 5.74) is -0.133. The van der Waals surface area contributed by atoms with Crippen LogP contribution in [-0.2, 0) is 6.61 Å². The molecule has 1 N–H and O–H groups in total. The molecule has 9 heteroatoms. The molecule has 0 saturated carbocycles. The first-order valence-corrected chi connectivity index (χ1v) is 8.03. The van der Waals surface area contributed by atoms with E-state index in [-0.39, 0.29) is 23.8 Å². The number of nitrogens with one attached hydrogen (secondary N) is 1. The van der Waals surface area contributed by atoms with Crippen molar-refractivity contribution < 1.29 is 18.9 Å². The molecule has 0 saturated heterocycles. The second kappa shape index (κ2) is 7.14. The molecule has 0 atom stereocenters. The third-order valence-electron chi connectivity index (χ3n) is 3.16. The van der Waals surface area contributed by atoms with Crippen molar-refractivity contribution in [3.8, 4) is 5.75 Å². The molecule has 0 aliphatic rings. The van der Waals surface area contributed by atoms with Gasteiger partial charge in [-0.1, -0.05) is 12.1 Å². The Morgan fingerprint density at radius 1 is 1.36 bits per heavy atom. The third-order valence-corrected chi connectivity index (χ3v) is 3.99. The maximum Gasteiger partial charge on any atom is 0.310 e. The molecular formula is C16H13N3O5S. The van der Waals surface area contributed by atoms with Crippen LogP contribution >= 0.6 is 11.3 Å². The molecule has 2 heterocycles. The van der Waals surface area contributed by atoms with Crippen molar-refractivity contribution in [3.05, 3.63) is 69.1 Å². The zero-order chi connectivity index (χ0) is 17.8. The number of nitro groups is 1. The van der Waals surface area contributed by atoms with Crippen LogP contribution < -0.4 is 10.1 Å². The van der Waals surface area contributed by atoms with Crippen LogP contribution in [0.25, 0.3) is 0 Å². The van der Waals surface area contributed by atoms with Crippen molar-refractivity contribution in [3.63, 3.8) is 0 Å². The molecule has 1 amide bonds. The average Bonchev–Trinajstić information content (AvgIpc) is 3.22. The van der Waals surface area contributed by atoms with Crippen molar-refractivity contribution in [2.75, 3.05) is 5.32 Å². The third kappa shape index (κ3) is 4.01. The highest BCUT2D eigenvalue weighted by Crippen LogP contribution is 2.27. The van der Waals surface area contributed by atoms with Crippen LogP contribution in [-0.4, -0.2) is 15.8 Å². The summed E-state index contributed by atoms with van der Waals surface area (Å²) in [6.07, 6.45) is 1.66. The number of anilines is 1. The van der Waals surface area contributed by atoms with Gasteiger partial charge in [0.2, 0.25) is 0 Å². The Kier molecular flexibility index (Phi) is 4.75. The predicted octanol–water partition coefficient (Wildman–Crippen LogP) is 3.78. The van der Waals surface area contributed by atoms with Crippen LogP contribution in [0.5, 0.6) is 5.75 Å². The Labute approximate surface area is 146 Å². The number of nitro benzene ring substituents is 1. The molecule has 0 unspecified atom stereocenters. The van der Waals surface area contributed by atoms with Crippen LogP contribution in [0.1, 0.15) is 21.2 Å². The Balaban J connectivity index is 1.64. The van der Waals surface area contributed by atoms with Crippen LogP contribution in [0.15, 0.2) is 47.0 Å². The van der Waals surface area contributed by atoms with E-state index in [0.29, 0.717) is 10.9 Å². The van der Waals surface area contributed by atoms with E-state index in [1.807, 2.05) is 6.92 Å². The standard InChI is InChI=1S/C16H13N3O5S/c1-10-8-17-16(25-10)18-15(20)14-7-6-11(24-14)9-23-13-5-3-2-4-12(13)19(21)22/h2-8H,9H2,1H3,(H,17,18,20). The lowest BCUT2D eigenvalue weighted by Gasteiger charge is -2.04. The summed E-state index contributed by atoms with van der Waals surface area (Å²) >= 11 is 1.36. The lowest BCUT2D eigenvalue weighted by Crippen LogP contribution is -2.10. The zero-order valence-electron chi connectivity index (χ0n) is 13.1.